The van der Waals surface area contributed by atoms with E-state index >= 15 is 0 Å². The molecule has 94 valence electrons. The van der Waals surface area contributed by atoms with Crippen molar-refractivity contribution >= 4 is 34.8 Å². The molecule has 0 nitrogen and oxygen atoms in total. The van der Waals surface area contributed by atoms with Crippen LogP contribution in [0.15, 0.2) is 48.5 Å². The Labute approximate surface area is 122 Å². The molecule has 18 heavy (non-hydrogen) atoms. The van der Waals surface area contributed by atoms with Crippen molar-refractivity contribution in [2.75, 3.05) is 0 Å². The Hall–Kier alpha value is -0.690. The maximum atomic E-state index is 6.12. The minimum Gasteiger partial charge on any atom is -0.104 e. The first-order valence-electron chi connectivity index (χ1n) is 5.68. The van der Waals surface area contributed by atoms with Gasteiger partial charge in [-0.1, -0.05) is 53.6 Å². The van der Waals surface area contributed by atoms with Crippen LogP contribution in [-0.2, 0) is 0 Å². The Morgan fingerprint density at radius 1 is 0.778 bits per heavy atom. The Balaban J connectivity index is 2.39. The van der Waals surface area contributed by atoms with Crippen LogP contribution in [0.5, 0.6) is 0 Å². The SMILES string of the molecule is Cc1ccc(C(c2ccc(Cl)cc2)C(Cl)Cl)cc1. The predicted molar refractivity (Wildman–Crippen MR) is 80.0 cm³/mol. The molecule has 0 aromatic heterocycles. The molecular formula is C15H13Cl3. The van der Waals surface area contributed by atoms with Gasteiger partial charge in [-0.05, 0) is 30.2 Å². The number of aryl methyl sites for hydroxylation is 1. The normalized spacial score (nSPS) is 12.7. The minimum absolute atomic E-state index is 0.0359. The number of alkyl halides is 2. The van der Waals surface area contributed by atoms with Crippen molar-refractivity contribution in [2.45, 2.75) is 17.7 Å². The number of hydrogen-bond acceptors (Lipinski definition) is 0. The van der Waals surface area contributed by atoms with Crippen LogP contribution in [0.4, 0.5) is 0 Å². The second-order valence-electron chi connectivity index (χ2n) is 4.27. The summed E-state index contributed by atoms with van der Waals surface area (Å²) in [4.78, 5) is -0.492. The Morgan fingerprint density at radius 2 is 1.22 bits per heavy atom. The van der Waals surface area contributed by atoms with Crippen molar-refractivity contribution in [1.82, 2.24) is 0 Å². The van der Waals surface area contributed by atoms with Gasteiger partial charge in [0, 0.05) is 10.9 Å². The molecular weight excluding hydrogens is 287 g/mol. The Bertz CT molecular complexity index is 455. The summed E-state index contributed by atoms with van der Waals surface area (Å²) in [5.74, 6) is -0.0359. The number of rotatable bonds is 3. The average molecular weight is 300 g/mol. The van der Waals surface area contributed by atoms with E-state index in [0.717, 1.165) is 11.1 Å². The molecule has 0 aliphatic carbocycles. The number of hydrogen-bond donors (Lipinski definition) is 0. The highest BCUT2D eigenvalue weighted by molar-refractivity contribution is 6.45. The molecule has 0 aliphatic rings. The van der Waals surface area contributed by atoms with Crippen molar-refractivity contribution in [3.63, 3.8) is 0 Å². The van der Waals surface area contributed by atoms with Gasteiger partial charge in [-0.2, -0.15) is 0 Å². The lowest BCUT2D eigenvalue weighted by Gasteiger charge is -2.19. The topological polar surface area (TPSA) is 0 Å². The zero-order chi connectivity index (χ0) is 13.1. The molecule has 0 fully saturated rings. The molecule has 1 unspecified atom stereocenters. The maximum Gasteiger partial charge on any atom is 0.118 e. The molecule has 2 rings (SSSR count). The first-order valence-corrected chi connectivity index (χ1v) is 6.93. The number of benzene rings is 2. The van der Waals surface area contributed by atoms with Crippen molar-refractivity contribution in [3.05, 3.63) is 70.2 Å². The van der Waals surface area contributed by atoms with Crippen molar-refractivity contribution in [3.8, 4) is 0 Å². The number of halogens is 3. The molecule has 3 heteroatoms. The van der Waals surface area contributed by atoms with Gasteiger partial charge < -0.3 is 0 Å². The Kier molecular flexibility index (Phi) is 4.55. The second-order valence-corrected chi connectivity index (χ2v) is 5.87. The maximum absolute atomic E-state index is 6.12. The zero-order valence-electron chi connectivity index (χ0n) is 9.91. The molecule has 0 heterocycles. The van der Waals surface area contributed by atoms with E-state index in [-0.39, 0.29) is 5.92 Å². The average Bonchev–Trinajstić information content (AvgIpc) is 2.34. The highest BCUT2D eigenvalue weighted by atomic mass is 35.5. The molecule has 0 aliphatic heterocycles. The molecule has 1 atom stereocenters. The van der Waals surface area contributed by atoms with Crippen LogP contribution in [0.2, 0.25) is 5.02 Å². The molecule has 0 amide bonds. The van der Waals surface area contributed by atoms with Crippen LogP contribution in [0, 0.1) is 6.92 Å². The monoisotopic (exact) mass is 298 g/mol. The fourth-order valence-corrected chi connectivity index (χ4v) is 2.64. The summed E-state index contributed by atoms with van der Waals surface area (Å²) in [6, 6.07) is 15.9. The summed E-state index contributed by atoms with van der Waals surface area (Å²) in [6.07, 6.45) is 0. The lowest BCUT2D eigenvalue weighted by molar-refractivity contribution is 0.886. The smallest absolute Gasteiger partial charge is 0.104 e. The van der Waals surface area contributed by atoms with Crippen LogP contribution in [0.25, 0.3) is 0 Å². The molecule has 0 bridgehead atoms. The molecule has 0 saturated heterocycles. The first-order chi connectivity index (χ1) is 8.58. The lowest BCUT2D eigenvalue weighted by atomic mass is 9.92. The summed E-state index contributed by atoms with van der Waals surface area (Å²) in [5, 5.41) is 0.710. The summed E-state index contributed by atoms with van der Waals surface area (Å²) in [6.45, 7) is 2.06. The van der Waals surface area contributed by atoms with E-state index in [4.69, 9.17) is 34.8 Å². The summed E-state index contributed by atoms with van der Waals surface area (Å²) >= 11 is 18.1. The van der Waals surface area contributed by atoms with E-state index in [0.29, 0.717) is 5.02 Å². The highest BCUT2D eigenvalue weighted by Crippen LogP contribution is 2.34. The molecule has 0 N–H and O–H groups in total. The zero-order valence-corrected chi connectivity index (χ0v) is 12.2. The third-order valence-electron chi connectivity index (χ3n) is 2.92. The van der Waals surface area contributed by atoms with Crippen LogP contribution in [0.3, 0.4) is 0 Å². The summed E-state index contributed by atoms with van der Waals surface area (Å²) in [7, 11) is 0. The van der Waals surface area contributed by atoms with Gasteiger partial charge in [-0.25, -0.2) is 0 Å². The summed E-state index contributed by atoms with van der Waals surface area (Å²) < 4.78 is 0. The molecule has 2 aromatic rings. The van der Waals surface area contributed by atoms with Gasteiger partial charge in [0.2, 0.25) is 0 Å². The third kappa shape index (κ3) is 3.20. The van der Waals surface area contributed by atoms with Gasteiger partial charge in [0.1, 0.15) is 4.84 Å². The third-order valence-corrected chi connectivity index (χ3v) is 3.67. The molecule has 0 radical (unpaired) electrons. The van der Waals surface area contributed by atoms with Crippen LogP contribution in [0.1, 0.15) is 22.6 Å². The lowest BCUT2D eigenvalue weighted by Crippen LogP contribution is -2.09. The summed E-state index contributed by atoms with van der Waals surface area (Å²) in [5.41, 5.74) is 3.39. The van der Waals surface area contributed by atoms with Gasteiger partial charge >= 0.3 is 0 Å². The second kappa shape index (κ2) is 5.97. The van der Waals surface area contributed by atoms with Gasteiger partial charge in [-0.3, -0.25) is 0 Å². The van der Waals surface area contributed by atoms with E-state index in [9.17, 15) is 0 Å². The van der Waals surface area contributed by atoms with Crippen molar-refractivity contribution in [2.24, 2.45) is 0 Å². The van der Waals surface area contributed by atoms with Crippen LogP contribution < -0.4 is 0 Å². The largest absolute Gasteiger partial charge is 0.118 e. The van der Waals surface area contributed by atoms with Crippen molar-refractivity contribution < 1.29 is 0 Å². The fraction of sp³-hybridized carbons (Fsp3) is 0.200. The quantitative estimate of drug-likeness (QED) is 0.649. The van der Waals surface area contributed by atoms with Gasteiger partial charge in [0.15, 0.2) is 0 Å². The predicted octanol–water partition coefficient (Wildman–Crippen LogP) is 5.58. The van der Waals surface area contributed by atoms with E-state index in [1.807, 2.05) is 24.3 Å². The fourth-order valence-electron chi connectivity index (χ4n) is 1.93. The van der Waals surface area contributed by atoms with Gasteiger partial charge in [0.05, 0.1) is 0 Å². The molecule has 2 aromatic carbocycles. The van der Waals surface area contributed by atoms with E-state index in [1.54, 1.807) is 0 Å². The molecule has 0 saturated carbocycles. The highest BCUT2D eigenvalue weighted by Gasteiger charge is 2.21. The Morgan fingerprint density at radius 3 is 1.67 bits per heavy atom. The van der Waals surface area contributed by atoms with E-state index < -0.39 is 4.84 Å². The van der Waals surface area contributed by atoms with Gasteiger partial charge in [0.25, 0.3) is 0 Å². The first kappa shape index (κ1) is 13.7. The van der Waals surface area contributed by atoms with E-state index in [2.05, 4.69) is 31.2 Å². The standard InChI is InChI=1S/C15H13Cl3/c1-10-2-4-11(5-3-10)14(15(17)18)12-6-8-13(16)9-7-12/h2-9,14-15H,1H3. The van der Waals surface area contributed by atoms with Crippen molar-refractivity contribution in [1.29, 1.82) is 0 Å². The van der Waals surface area contributed by atoms with Gasteiger partial charge in [-0.15, -0.1) is 23.2 Å². The van der Waals surface area contributed by atoms with E-state index in [1.165, 1.54) is 5.56 Å². The molecule has 0 spiro atoms. The minimum atomic E-state index is -0.492. The van der Waals surface area contributed by atoms with Crippen LogP contribution in [-0.4, -0.2) is 4.84 Å². The van der Waals surface area contributed by atoms with Crippen LogP contribution >= 0.6 is 34.8 Å².